The van der Waals surface area contributed by atoms with Gasteiger partial charge in [-0.3, -0.25) is 0 Å². The van der Waals surface area contributed by atoms with Crippen molar-refractivity contribution in [2.45, 2.75) is 12.8 Å². The van der Waals surface area contributed by atoms with Crippen molar-refractivity contribution in [1.29, 1.82) is 0 Å². The molecule has 2 aromatic heterocycles. The number of nitrogens with one attached hydrogen (secondary N) is 1. The van der Waals surface area contributed by atoms with Crippen LogP contribution in [-0.4, -0.2) is 37.7 Å². The van der Waals surface area contributed by atoms with Gasteiger partial charge in [0.1, 0.15) is 12.0 Å². The first-order valence-electron chi connectivity index (χ1n) is 6.88. The summed E-state index contributed by atoms with van der Waals surface area (Å²) in [5.41, 5.74) is 3.05. The van der Waals surface area contributed by atoms with E-state index >= 15 is 0 Å². The number of carboxylic acids is 1. The monoisotopic (exact) mass is 297 g/mol. The zero-order valence-electron chi connectivity index (χ0n) is 11.9. The second-order valence-corrected chi connectivity index (χ2v) is 5.16. The number of aliphatic hydroxyl groups is 1. The van der Waals surface area contributed by atoms with Gasteiger partial charge in [-0.15, -0.1) is 0 Å². The smallest absolute Gasteiger partial charge is 0.338 e. The van der Waals surface area contributed by atoms with Gasteiger partial charge in [0.15, 0.2) is 0 Å². The summed E-state index contributed by atoms with van der Waals surface area (Å²) in [5.74, 6) is -0.964. The van der Waals surface area contributed by atoms with Crippen molar-refractivity contribution in [2.75, 3.05) is 6.61 Å². The van der Waals surface area contributed by atoms with Crippen molar-refractivity contribution in [1.82, 2.24) is 15.0 Å². The summed E-state index contributed by atoms with van der Waals surface area (Å²) >= 11 is 0. The van der Waals surface area contributed by atoms with Crippen LogP contribution in [0.3, 0.4) is 0 Å². The molecule has 0 fully saturated rings. The summed E-state index contributed by atoms with van der Waals surface area (Å²) in [4.78, 5) is 22.5. The molecule has 1 aromatic carbocycles. The first kappa shape index (κ1) is 14.2. The quantitative estimate of drug-likeness (QED) is 0.687. The Morgan fingerprint density at radius 2 is 2.00 bits per heavy atom. The van der Waals surface area contributed by atoms with Crippen molar-refractivity contribution in [2.24, 2.45) is 0 Å². The van der Waals surface area contributed by atoms with Crippen LogP contribution in [0.5, 0.6) is 0 Å². The number of hydrogen-bond donors (Lipinski definition) is 3. The molecule has 0 saturated carbocycles. The van der Waals surface area contributed by atoms with Crippen molar-refractivity contribution >= 4 is 17.0 Å². The Kier molecular flexibility index (Phi) is 3.60. The second kappa shape index (κ2) is 5.57. The molecule has 112 valence electrons. The number of aliphatic hydroxyl groups excluding tert-OH is 1. The predicted octanol–water partition coefficient (Wildman–Crippen LogP) is 2.42. The third-order valence-electron chi connectivity index (χ3n) is 3.73. The van der Waals surface area contributed by atoms with Gasteiger partial charge in [-0.1, -0.05) is 31.2 Å². The maximum atomic E-state index is 11.3. The number of H-pyrrole nitrogens is 1. The largest absolute Gasteiger partial charge is 0.478 e. The van der Waals surface area contributed by atoms with Crippen LogP contribution in [0.1, 0.15) is 28.8 Å². The van der Waals surface area contributed by atoms with Crippen molar-refractivity contribution < 1.29 is 15.0 Å². The highest BCUT2D eigenvalue weighted by molar-refractivity contribution is 6.07. The minimum absolute atomic E-state index is 0.0568. The van der Waals surface area contributed by atoms with Gasteiger partial charge in [0.25, 0.3) is 0 Å². The van der Waals surface area contributed by atoms with Crippen LogP contribution in [0, 0.1) is 0 Å². The number of nitrogens with zero attached hydrogens (tertiary/aromatic N) is 2. The minimum atomic E-state index is -1.02. The maximum absolute atomic E-state index is 11.3. The molecule has 1 unspecified atom stereocenters. The van der Waals surface area contributed by atoms with Crippen LogP contribution in [0.25, 0.3) is 22.3 Å². The molecule has 0 aliphatic heterocycles. The van der Waals surface area contributed by atoms with E-state index in [1.165, 1.54) is 12.5 Å². The number of aromatic nitrogens is 3. The van der Waals surface area contributed by atoms with Crippen LogP contribution < -0.4 is 0 Å². The van der Waals surface area contributed by atoms with Crippen LogP contribution in [0.15, 0.2) is 36.8 Å². The fourth-order valence-electron chi connectivity index (χ4n) is 2.43. The van der Waals surface area contributed by atoms with E-state index in [4.69, 9.17) is 0 Å². The van der Waals surface area contributed by atoms with Crippen molar-refractivity contribution in [3.05, 3.63) is 47.9 Å². The predicted molar refractivity (Wildman–Crippen MR) is 81.8 cm³/mol. The van der Waals surface area contributed by atoms with Crippen LogP contribution in [0.4, 0.5) is 0 Å². The molecule has 0 aliphatic carbocycles. The molecule has 1 atom stereocenters. The van der Waals surface area contributed by atoms with Gasteiger partial charge in [-0.05, 0) is 5.56 Å². The van der Waals surface area contributed by atoms with E-state index in [1.54, 1.807) is 0 Å². The second-order valence-electron chi connectivity index (χ2n) is 5.16. The van der Waals surface area contributed by atoms with E-state index in [-0.39, 0.29) is 18.1 Å². The molecule has 0 spiro atoms. The number of aromatic amines is 1. The lowest BCUT2D eigenvalue weighted by atomic mass is 9.98. The van der Waals surface area contributed by atoms with Gasteiger partial charge in [0.05, 0.1) is 16.6 Å². The first-order chi connectivity index (χ1) is 10.6. The molecule has 0 saturated heterocycles. The van der Waals surface area contributed by atoms with Crippen molar-refractivity contribution in [3.8, 4) is 11.3 Å². The number of carbonyl (C=O) groups is 1. The normalized spacial score (nSPS) is 12.5. The van der Waals surface area contributed by atoms with Gasteiger partial charge in [-0.25, -0.2) is 14.8 Å². The molecule has 6 nitrogen and oxygen atoms in total. The fraction of sp³-hybridized carbons (Fsp3) is 0.188. The van der Waals surface area contributed by atoms with E-state index in [2.05, 4.69) is 15.0 Å². The van der Waals surface area contributed by atoms with Gasteiger partial charge in [-0.2, -0.15) is 0 Å². The Labute approximate surface area is 126 Å². The summed E-state index contributed by atoms with van der Waals surface area (Å²) in [5, 5.41) is 19.0. The summed E-state index contributed by atoms with van der Waals surface area (Å²) in [6.07, 6.45) is 2.83. The van der Waals surface area contributed by atoms with Gasteiger partial charge in [0.2, 0.25) is 0 Å². The van der Waals surface area contributed by atoms with Gasteiger partial charge >= 0.3 is 5.97 Å². The minimum Gasteiger partial charge on any atom is -0.478 e. The van der Waals surface area contributed by atoms with Crippen LogP contribution >= 0.6 is 0 Å². The van der Waals surface area contributed by atoms with E-state index in [9.17, 15) is 15.0 Å². The summed E-state index contributed by atoms with van der Waals surface area (Å²) in [7, 11) is 0. The van der Waals surface area contributed by atoms with Crippen molar-refractivity contribution in [3.63, 3.8) is 0 Å². The Bertz CT molecular complexity index is 824. The standard InChI is InChI=1S/C16H15N3O3/c1-9(7-20)10-2-4-11(5-3-10)14-13-12(16(21)22)6-17-15(13)19-8-18-14/h2-6,8-9,20H,7H2,1H3,(H,21,22)(H,17,18,19). The molecule has 3 rings (SSSR count). The molecule has 3 aromatic rings. The Morgan fingerprint density at radius 3 is 2.64 bits per heavy atom. The third kappa shape index (κ3) is 2.33. The Morgan fingerprint density at radius 1 is 1.27 bits per heavy atom. The summed E-state index contributed by atoms with van der Waals surface area (Å²) in [6.45, 7) is 2.02. The van der Waals surface area contributed by atoms with E-state index in [0.29, 0.717) is 16.7 Å². The lowest BCUT2D eigenvalue weighted by Crippen LogP contribution is -1.99. The molecular formula is C16H15N3O3. The zero-order valence-corrected chi connectivity index (χ0v) is 11.9. The van der Waals surface area contributed by atoms with Gasteiger partial charge < -0.3 is 15.2 Å². The average molecular weight is 297 g/mol. The number of benzene rings is 1. The SMILES string of the molecule is CC(CO)c1ccc(-c2ncnc3[nH]cc(C(=O)O)c23)cc1. The van der Waals surface area contributed by atoms with Crippen LogP contribution in [0.2, 0.25) is 0 Å². The molecule has 0 aliphatic rings. The molecule has 2 heterocycles. The molecule has 0 amide bonds. The maximum Gasteiger partial charge on any atom is 0.338 e. The average Bonchev–Trinajstić information content (AvgIpc) is 2.98. The molecule has 0 radical (unpaired) electrons. The molecule has 22 heavy (non-hydrogen) atoms. The van der Waals surface area contributed by atoms with E-state index in [1.807, 2.05) is 31.2 Å². The highest BCUT2D eigenvalue weighted by atomic mass is 16.4. The molecule has 0 bridgehead atoms. The fourth-order valence-corrected chi connectivity index (χ4v) is 2.43. The molecular weight excluding hydrogens is 282 g/mol. The van der Waals surface area contributed by atoms with E-state index < -0.39 is 5.97 Å². The third-order valence-corrected chi connectivity index (χ3v) is 3.73. The molecule has 6 heteroatoms. The number of carboxylic acid groups (broad SMARTS) is 1. The zero-order chi connectivity index (χ0) is 15.7. The van der Waals surface area contributed by atoms with Gasteiger partial charge in [0, 0.05) is 24.3 Å². The Hall–Kier alpha value is -2.73. The number of aromatic carboxylic acids is 1. The summed E-state index contributed by atoms with van der Waals surface area (Å²) < 4.78 is 0. The Balaban J connectivity index is 2.13. The number of rotatable bonds is 4. The topological polar surface area (TPSA) is 99.1 Å². The number of hydrogen-bond acceptors (Lipinski definition) is 4. The summed E-state index contributed by atoms with van der Waals surface area (Å²) in [6, 6.07) is 7.58. The highest BCUT2D eigenvalue weighted by Gasteiger charge is 2.17. The lowest BCUT2D eigenvalue weighted by Gasteiger charge is -2.09. The number of fused-ring (bicyclic) bond motifs is 1. The van der Waals surface area contributed by atoms with Crippen LogP contribution in [-0.2, 0) is 0 Å². The molecule has 3 N–H and O–H groups in total. The lowest BCUT2D eigenvalue weighted by molar-refractivity contribution is 0.0699. The highest BCUT2D eigenvalue weighted by Crippen LogP contribution is 2.29. The van der Waals surface area contributed by atoms with E-state index in [0.717, 1.165) is 11.1 Å². The first-order valence-corrected chi connectivity index (χ1v) is 6.88.